The molecule has 1 N–H and O–H groups in total. The number of pyridine rings is 1. The van der Waals surface area contributed by atoms with Crippen LogP contribution in [0.2, 0.25) is 0 Å². The van der Waals surface area contributed by atoms with Gasteiger partial charge in [0.2, 0.25) is 0 Å². The lowest BCUT2D eigenvalue weighted by Gasteiger charge is -2.08. The van der Waals surface area contributed by atoms with Crippen molar-refractivity contribution in [2.45, 2.75) is 47.0 Å². The molecule has 2 aromatic rings. The number of aromatic nitrogens is 2. The summed E-state index contributed by atoms with van der Waals surface area (Å²) in [6.45, 7) is 10.3. The quantitative estimate of drug-likeness (QED) is 0.495. The maximum atomic E-state index is 11.3. The van der Waals surface area contributed by atoms with Crippen LogP contribution in [-0.4, -0.2) is 35.1 Å². The number of aliphatic imine (C=N–C) groups is 1. The number of aldehydes is 1. The molecule has 5 heteroatoms. The van der Waals surface area contributed by atoms with E-state index in [1.807, 2.05) is 50.5 Å². The van der Waals surface area contributed by atoms with Crippen LogP contribution in [0.15, 0.2) is 29.4 Å². The number of carbonyl (C=O) groups excluding carboxylic acids is 1. The van der Waals surface area contributed by atoms with E-state index < -0.39 is 0 Å². The minimum absolute atomic E-state index is 0.636. The van der Waals surface area contributed by atoms with E-state index >= 15 is 0 Å². The fourth-order valence-corrected chi connectivity index (χ4v) is 2.89. The van der Waals surface area contributed by atoms with Gasteiger partial charge in [-0.25, -0.2) is 9.98 Å². The smallest absolute Gasteiger partial charge is 0.152 e. The van der Waals surface area contributed by atoms with E-state index in [1.165, 1.54) is 32.4 Å². The summed E-state index contributed by atoms with van der Waals surface area (Å²) in [7, 11) is 0. The zero-order valence-corrected chi connectivity index (χ0v) is 16.8. The van der Waals surface area contributed by atoms with Crippen molar-refractivity contribution in [3.63, 3.8) is 0 Å². The third-order valence-electron chi connectivity index (χ3n) is 4.16. The lowest BCUT2D eigenvalue weighted by molar-refractivity contribution is 0.112. The van der Waals surface area contributed by atoms with Gasteiger partial charge in [-0.1, -0.05) is 32.8 Å². The van der Waals surface area contributed by atoms with Crippen LogP contribution in [0, 0.1) is 19.4 Å². The Hall–Kier alpha value is -2.71. The van der Waals surface area contributed by atoms with Crippen LogP contribution < -0.4 is 5.32 Å². The third-order valence-corrected chi connectivity index (χ3v) is 4.16. The van der Waals surface area contributed by atoms with Crippen molar-refractivity contribution in [2.24, 2.45) is 4.99 Å². The molecule has 1 fully saturated rings. The molecule has 0 saturated carbocycles. The van der Waals surface area contributed by atoms with Gasteiger partial charge in [-0.2, -0.15) is 0 Å². The molecule has 1 aliphatic rings. The van der Waals surface area contributed by atoms with Gasteiger partial charge in [-0.3, -0.25) is 9.36 Å². The topological polar surface area (TPSA) is 59.3 Å². The Balaban J connectivity index is 0.000000381. The Morgan fingerprint density at radius 2 is 2.04 bits per heavy atom. The van der Waals surface area contributed by atoms with Crippen LogP contribution in [0.5, 0.6) is 0 Å². The molecule has 27 heavy (non-hydrogen) atoms. The normalized spacial score (nSPS) is 14.0. The molecule has 3 rings (SSSR count). The molecule has 0 amide bonds. The molecule has 0 aromatic carbocycles. The predicted molar refractivity (Wildman–Crippen MR) is 115 cm³/mol. The Morgan fingerprint density at radius 3 is 2.52 bits per heavy atom. The van der Waals surface area contributed by atoms with Crippen LogP contribution in [-0.2, 0) is 0 Å². The molecule has 0 atom stereocenters. The zero-order valence-electron chi connectivity index (χ0n) is 16.8. The van der Waals surface area contributed by atoms with Crippen molar-refractivity contribution in [1.29, 1.82) is 0 Å². The molecule has 0 unspecified atom stereocenters. The second-order valence-corrected chi connectivity index (χ2v) is 5.74. The van der Waals surface area contributed by atoms with Gasteiger partial charge in [0, 0.05) is 28.9 Å². The van der Waals surface area contributed by atoms with Gasteiger partial charge < -0.3 is 5.32 Å². The summed E-state index contributed by atoms with van der Waals surface area (Å²) in [4.78, 5) is 19.4. The molecule has 144 valence electrons. The number of terminal acetylenes is 1. The van der Waals surface area contributed by atoms with Crippen LogP contribution in [0.4, 0.5) is 0 Å². The van der Waals surface area contributed by atoms with Crippen LogP contribution in [0.1, 0.15) is 56.1 Å². The van der Waals surface area contributed by atoms with E-state index in [1.54, 1.807) is 12.4 Å². The Bertz CT molecular complexity index is 809. The van der Waals surface area contributed by atoms with Crippen LogP contribution >= 0.6 is 0 Å². The minimum Gasteiger partial charge on any atom is -0.317 e. The lowest BCUT2D eigenvalue weighted by atomic mass is 10.2. The number of nitrogens with one attached hydrogen (secondary N) is 1. The zero-order chi connectivity index (χ0) is 20.1. The number of hydrogen-bond donors (Lipinski definition) is 1. The molecule has 0 radical (unpaired) electrons. The standard InChI is InChI=1S/C15H13N3O.C5H11N.C2H6/c1-4-12(9-16-5-2)18-11(3)14(10-19)13-7-6-8-17-15(13)18;1-2-4-6-5-3-1;1-2/h2,4,6-10H,1,3H3;6H,1-5H2;1-2H3/b12-4+,16-9?;;. The monoisotopic (exact) mass is 366 g/mol. The molecule has 5 nitrogen and oxygen atoms in total. The van der Waals surface area contributed by atoms with Crippen molar-refractivity contribution in [2.75, 3.05) is 13.1 Å². The van der Waals surface area contributed by atoms with Gasteiger partial charge in [0.05, 0.1) is 11.9 Å². The van der Waals surface area contributed by atoms with Crippen molar-refractivity contribution in [3.8, 4) is 12.5 Å². The molecular formula is C22H30N4O. The fraction of sp³-hybridized carbons (Fsp3) is 0.409. The van der Waals surface area contributed by atoms with Crippen molar-refractivity contribution in [3.05, 3.63) is 35.7 Å². The van der Waals surface area contributed by atoms with Crippen molar-refractivity contribution in [1.82, 2.24) is 14.9 Å². The van der Waals surface area contributed by atoms with Crippen LogP contribution in [0.25, 0.3) is 16.7 Å². The highest BCUT2D eigenvalue weighted by molar-refractivity contribution is 6.08. The summed E-state index contributed by atoms with van der Waals surface area (Å²) in [5.41, 5.74) is 2.96. The second kappa shape index (κ2) is 12.6. The number of carbonyl (C=O) groups is 1. The van der Waals surface area contributed by atoms with E-state index in [-0.39, 0.29) is 0 Å². The van der Waals surface area contributed by atoms with Gasteiger partial charge in [0.15, 0.2) is 6.29 Å². The summed E-state index contributed by atoms with van der Waals surface area (Å²) < 4.78 is 1.87. The average molecular weight is 367 g/mol. The first kappa shape index (κ1) is 22.3. The number of piperidine rings is 1. The van der Waals surface area contributed by atoms with E-state index in [9.17, 15) is 4.79 Å². The highest BCUT2D eigenvalue weighted by Gasteiger charge is 2.15. The first-order valence-corrected chi connectivity index (χ1v) is 9.51. The largest absolute Gasteiger partial charge is 0.317 e. The molecular weight excluding hydrogens is 336 g/mol. The van der Waals surface area contributed by atoms with Crippen molar-refractivity contribution >= 4 is 29.2 Å². The highest BCUT2D eigenvalue weighted by Crippen LogP contribution is 2.25. The average Bonchev–Trinajstić information content (AvgIpc) is 3.03. The number of allylic oxidation sites excluding steroid dienone is 2. The van der Waals surface area contributed by atoms with E-state index in [0.29, 0.717) is 5.56 Å². The molecule has 2 aromatic heterocycles. The van der Waals surface area contributed by atoms with Gasteiger partial charge in [-0.05, 0) is 51.9 Å². The summed E-state index contributed by atoms with van der Waals surface area (Å²) in [6, 6.07) is 5.90. The van der Waals surface area contributed by atoms with E-state index in [2.05, 4.69) is 21.3 Å². The van der Waals surface area contributed by atoms with Gasteiger partial charge in [0.25, 0.3) is 0 Å². The first-order chi connectivity index (χ1) is 13.2. The Labute approximate surface area is 162 Å². The van der Waals surface area contributed by atoms with Crippen molar-refractivity contribution < 1.29 is 4.79 Å². The molecule has 1 saturated heterocycles. The highest BCUT2D eigenvalue weighted by atomic mass is 16.1. The van der Waals surface area contributed by atoms with Crippen LogP contribution in [0.3, 0.4) is 0 Å². The second-order valence-electron chi connectivity index (χ2n) is 5.74. The summed E-state index contributed by atoms with van der Waals surface area (Å²) in [5.74, 6) is 0. The molecule has 0 aliphatic carbocycles. The van der Waals surface area contributed by atoms with Gasteiger partial charge in [0.1, 0.15) is 5.65 Å². The molecule has 0 bridgehead atoms. The fourth-order valence-electron chi connectivity index (χ4n) is 2.89. The number of fused-ring (bicyclic) bond motifs is 1. The predicted octanol–water partition coefficient (Wildman–Crippen LogP) is 4.47. The number of hydrogen-bond acceptors (Lipinski definition) is 4. The Morgan fingerprint density at radius 1 is 1.33 bits per heavy atom. The van der Waals surface area contributed by atoms with Gasteiger partial charge in [-0.15, -0.1) is 0 Å². The summed E-state index contributed by atoms with van der Waals surface area (Å²) in [5, 5.41) is 4.11. The first-order valence-electron chi connectivity index (χ1n) is 9.51. The number of rotatable bonds is 3. The third kappa shape index (κ3) is 5.90. The summed E-state index contributed by atoms with van der Waals surface area (Å²) in [6.07, 6.45) is 15.3. The Kier molecular flexibility index (Phi) is 10.4. The van der Waals surface area contributed by atoms with Gasteiger partial charge >= 0.3 is 0 Å². The SMILES string of the molecule is C#CN=C/C(=C\C)n1c(C)c(C=O)c2cccnc21.C1CCNCC1.CC. The maximum absolute atomic E-state index is 11.3. The number of nitrogens with zero attached hydrogens (tertiary/aromatic N) is 3. The van der Waals surface area contributed by atoms with E-state index in [0.717, 1.165) is 28.7 Å². The summed E-state index contributed by atoms with van der Waals surface area (Å²) >= 11 is 0. The maximum Gasteiger partial charge on any atom is 0.152 e. The lowest BCUT2D eigenvalue weighted by Crippen LogP contribution is -2.21. The molecule has 0 spiro atoms. The molecule has 1 aliphatic heterocycles. The minimum atomic E-state index is 0.636. The van der Waals surface area contributed by atoms with E-state index in [4.69, 9.17) is 6.42 Å². The molecule has 3 heterocycles.